The van der Waals surface area contributed by atoms with Gasteiger partial charge >= 0.3 is 23.9 Å². The van der Waals surface area contributed by atoms with Crippen LogP contribution in [0.2, 0.25) is 0 Å². The molecule has 0 spiro atoms. The molecule has 10 heteroatoms. The molecule has 0 saturated carbocycles. The van der Waals surface area contributed by atoms with Crippen LogP contribution in [0.15, 0.2) is 12.1 Å². The number of carbonyl (C=O) groups excluding carboxylic acids is 4. The molecule has 0 aliphatic rings. The van der Waals surface area contributed by atoms with Crippen molar-refractivity contribution in [2.24, 2.45) is 0 Å². The third-order valence-corrected chi connectivity index (χ3v) is 4.27. The molecule has 0 atom stereocenters. The quantitative estimate of drug-likeness (QED) is 0.399. The number of nitriles is 2. The van der Waals surface area contributed by atoms with Gasteiger partial charge in [-0.05, 0) is 30.5 Å². The molecule has 0 heterocycles. The van der Waals surface area contributed by atoms with E-state index in [9.17, 15) is 29.7 Å². The van der Waals surface area contributed by atoms with Crippen LogP contribution in [-0.4, -0.2) is 51.8 Å². The van der Waals surface area contributed by atoms with Crippen molar-refractivity contribution in [2.45, 2.75) is 26.2 Å². The van der Waals surface area contributed by atoms with Crippen LogP contribution in [0.1, 0.15) is 35.7 Å². The standard InChI is InChI=1S/C22H22N2O8/c1-5-8-32-22(28)16-10-14(17(11-23)20(26)30-3)13(6-7-19(25)29-2)9-15(16)18(12-24)21(27)31-4/h9-10H,5-8H2,1-4H3/b17-14-,18-15-. The fourth-order valence-corrected chi connectivity index (χ4v) is 2.71. The Morgan fingerprint density at radius 2 is 1.44 bits per heavy atom. The van der Waals surface area contributed by atoms with Gasteiger partial charge in [0.1, 0.15) is 23.3 Å². The second kappa shape index (κ2) is 12.5. The summed E-state index contributed by atoms with van der Waals surface area (Å²) in [6.07, 6.45) is 0.346. The minimum absolute atomic E-state index is 0.00222. The van der Waals surface area contributed by atoms with Gasteiger partial charge in [0.2, 0.25) is 0 Å². The molecular weight excluding hydrogens is 420 g/mol. The van der Waals surface area contributed by atoms with Crippen molar-refractivity contribution in [2.75, 3.05) is 27.9 Å². The first-order valence-corrected chi connectivity index (χ1v) is 9.41. The molecule has 1 rings (SSSR count). The predicted octanol–water partition coefficient (Wildman–Crippen LogP) is 0.0536. The van der Waals surface area contributed by atoms with E-state index in [1.807, 2.05) is 0 Å². The summed E-state index contributed by atoms with van der Waals surface area (Å²) in [6.45, 7) is 1.83. The Morgan fingerprint density at radius 1 is 0.875 bits per heavy atom. The number of aryl methyl sites for hydroxylation is 1. The zero-order valence-corrected chi connectivity index (χ0v) is 18.1. The number of nitrogens with zero attached hydrogens (tertiary/aromatic N) is 2. The van der Waals surface area contributed by atoms with E-state index in [0.717, 1.165) is 20.3 Å². The Hall–Kier alpha value is -4.18. The highest BCUT2D eigenvalue weighted by Gasteiger charge is 2.21. The summed E-state index contributed by atoms with van der Waals surface area (Å²) < 4.78 is 19.0. The predicted molar refractivity (Wildman–Crippen MR) is 109 cm³/mol. The molecule has 0 radical (unpaired) electrons. The van der Waals surface area contributed by atoms with Crippen molar-refractivity contribution in [3.8, 4) is 12.1 Å². The number of hydrogen-bond acceptors (Lipinski definition) is 10. The van der Waals surface area contributed by atoms with Gasteiger partial charge in [0.25, 0.3) is 0 Å². The number of ether oxygens (including phenoxy) is 4. The lowest BCUT2D eigenvalue weighted by Crippen LogP contribution is -2.30. The summed E-state index contributed by atoms with van der Waals surface area (Å²) in [4.78, 5) is 48.7. The van der Waals surface area contributed by atoms with E-state index in [0.29, 0.717) is 6.42 Å². The summed E-state index contributed by atoms with van der Waals surface area (Å²) in [5.41, 5.74) is -0.914. The molecule has 0 aliphatic carbocycles. The average molecular weight is 442 g/mol. The fourth-order valence-electron chi connectivity index (χ4n) is 2.71. The number of carbonyl (C=O) groups is 4. The minimum atomic E-state index is -0.999. The molecule has 0 saturated heterocycles. The molecule has 0 unspecified atom stereocenters. The Bertz CT molecular complexity index is 1120. The molecule has 32 heavy (non-hydrogen) atoms. The zero-order chi connectivity index (χ0) is 24.3. The third-order valence-electron chi connectivity index (χ3n) is 4.27. The number of rotatable bonds is 8. The molecular formula is C22H22N2O8. The van der Waals surface area contributed by atoms with Crippen LogP contribution in [0.25, 0.3) is 11.1 Å². The molecule has 10 nitrogen and oxygen atoms in total. The highest BCUT2D eigenvalue weighted by Crippen LogP contribution is 2.07. The lowest BCUT2D eigenvalue weighted by molar-refractivity contribution is -0.140. The van der Waals surface area contributed by atoms with Crippen LogP contribution in [-0.2, 0) is 39.8 Å². The topological polar surface area (TPSA) is 153 Å². The van der Waals surface area contributed by atoms with Crippen LogP contribution in [0, 0.1) is 22.7 Å². The lowest BCUT2D eigenvalue weighted by Gasteiger charge is -2.10. The van der Waals surface area contributed by atoms with Crippen molar-refractivity contribution in [3.63, 3.8) is 0 Å². The molecule has 0 aromatic heterocycles. The monoisotopic (exact) mass is 442 g/mol. The van der Waals surface area contributed by atoms with E-state index in [2.05, 4.69) is 14.2 Å². The second-order valence-electron chi connectivity index (χ2n) is 6.22. The number of hydrogen-bond donors (Lipinski definition) is 0. The molecule has 1 aromatic carbocycles. The Balaban J connectivity index is 4.15. The van der Waals surface area contributed by atoms with Crippen molar-refractivity contribution >= 4 is 35.0 Å². The number of esters is 4. The van der Waals surface area contributed by atoms with E-state index in [-0.39, 0.29) is 41.0 Å². The maximum Gasteiger partial charge on any atom is 0.349 e. The van der Waals surface area contributed by atoms with Gasteiger partial charge in [-0.2, -0.15) is 10.5 Å². The van der Waals surface area contributed by atoms with Crippen molar-refractivity contribution < 1.29 is 38.1 Å². The average Bonchev–Trinajstić information content (AvgIpc) is 2.81. The maximum atomic E-state index is 12.7. The van der Waals surface area contributed by atoms with Crippen LogP contribution >= 0.6 is 0 Å². The third kappa shape index (κ3) is 6.16. The van der Waals surface area contributed by atoms with Gasteiger partial charge in [-0.3, -0.25) is 4.79 Å². The van der Waals surface area contributed by atoms with Gasteiger partial charge < -0.3 is 18.9 Å². The van der Waals surface area contributed by atoms with Crippen molar-refractivity contribution in [1.29, 1.82) is 10.5 Å². The highest BCUT2D eigenvalue weighted by atomic mass is 16.5. The minimum Gasteiger partial charge on any atom is -0.469 e. The van der Waals surface area contributed by atoms with Gasteiger partial charge in [0.15, 0.2) is 0 Å². The van der Waals surface area contributed by atoms with E-state index >= 15 is 0 Å². The first kappa shape index (κ1) is 25.9. The van der Waals surface area contributed by atoms with Crippen LogP contribution < -0.4 is 10.4 Å². The first-order chi connectivity index (χ1) is 15.3. The van der Waals surface area contributed by atoms with Gasteiger partial charge in [0, 0.05) is 16.9 Å². The summed E-state index contributed by atoms with van der Waals surface area (Å²) >= 11 is 0. The Morgan fingerprint density at radius 3 is 1.91 bits per heavy atom. The van der Waals surface area contributed by atoms with Gasteiger partial charge in [0.05, 0.1) is 33.5 Å². The van der Waals surface area contributed by atoms with Gasteiger partial charge in [-0.25, -0.2) is 14.4 Å². The number of benzene rings is 1. The van der Waals surface area contributed by atoms with Crippen molar-refractivity contribution in [1.82, 2.24) is 0 Å². The first-order valence-electron chi connectivity index (χ1n) is 9.41. The summed E-state index contributed by atoms with van der Waals surface area (Å²) in [5, 5.41) is 18.9. The van der Waals surface area contributed by atoms with Gasteiger partial charge in [-0.1, -0.05) is 6.92 Å². The van der Waals surface area contributed by atoms with E-state index in [4.69, 9.17) is 4.74 Å². The molecule has 0 fully saturated rings. The van der Waals surface area contributed by atoms with E-state index in [1.54, 1.807) is 19.1 Å². The second-order valence-corrected chi connectivity index (χ2v) is 6.22. The Labute approximate surface area is 184 Å². The largest absolute Gasteiger partial charge is 0.469 e. The molecule has 168 valence electrons. The van der Waals surface area contributed by atoms with Gasteiger partial charge in [-0.15, -0.1) is 0 Å². The number of methoxy groups -OCH3 is 3. The maximum absolute atomic E-state index is 12.7. The van der Waals surface area contributed by atoms with E-state index in [1.165, 1.54) is 13.2 Å². The summed E-state index contributed by atoms with van der Waals surface area (Å²) in [7, 11) is 3.35. The summed E-state index contributed by atoms with van der Waals surface area (Å²) in [5.74, 6) is -3.41. The molecule has 1 aromatic rings. The summed E-state index contributed by atoms with van der Waals surface area (Å²) in [6, 6.07) is 5.86. The fraction of sp³-hybridized carbons (Fsp3) is 0.364. The van der Waals surface area contributed by atoms with Crippen molar-refractivity contribution in [3.05, 3.63) is 33.7 Å². The SMILES string of the molecule is CCCOC(=O)c1c/c(=C(\C#N)C(=O)OC)c(CCC(=O)OC)c/c1=C(\C#N)C(=O)OC. The highest BCUT2D eigenvalue weighted by molar-refractivity contribution is 6.17. The molecule has 0 bridgehead atoms. The van der Waals surface area contributed by atoms with E-state index < -0.39 is 35.0 Å². The van der Waals surface area contributed by atoms with Crippen LogP contribution in [0.5, 0.6) is 0 Å². The zero-order valence-electron chi connectivity index (χ0n) is 18.1. The lowest BCUT2D eigenvalue weighted by atomic mass is 9.96. The molecule has 0 aliphatic heterocycles. The van der Waals surface area contributed by atoms with Crippen LogP contribution in [0.3, 0.4) is 0 Å². The molecule has 0 N–H and O–H groups in total. The molecule has 0 amide bonds. The smallest absolute Gasteiger partial charge is 0.349 e. The normalized spacial score (nSPS) is 11.8. The Kier molecular flexibility index (Phi) is 10.1. The van der Waals surface area contributed by atoms with Crippen LogP contribution in [0.4, 0.5) is 0 Å².